The first-order valence-electron chi connectivity index (χ1n) is 22.6. The van der Waals surface area contributed by atoms with Crippen LogP contribution in [0.1, 0.15) is 0 Å². The predicted octanol–water partition coefficient (Wildman–Crippen LogP) is 18.4. The minimum Gasteiger partial charge on any atom is -0.456 e. The largest absolute Gasteiger partial charge is 0.456 e. The Bertz CT molecular complexity index is 4590. The molecule has 0 radical (unpaired) electrons. The van der Waals surface area contributed by atoms with E-state index in [4.69, 9.17) is 22.1 Å². The van der Waals surface area contributed by atoms with Crippen molar-refractivity contribution in [1.29, 1.82) is 0 Å². The topological polar surface area (TPSA) is 72.2 Å². The summed E-state index contributed by atoms with van der Waals surface area (Å²) in [7, 11) is 0. The van der Waals surface area contributed by atoms with Crippen LogP contribution in [-0.2, 0) is 0 Å². The summed E-state index contributed by atoms with van der Waals surface area (Å²) < 4.78 is 61.3. The van der Waals surface area contributed by atoms with E-state index >= 15 is 0 Å². The monoisotopic (exact) mass is 898 g/mol. The van der Waals surface area contributed by atoms with Crippen molar-refractivity contribution in [1.82, 2.24) is 0 Å². The molecular formula is C60H32F2N2O5. The number of para-hydroxylation sites is 2. The standard InChI is InChI=1S/C60H32F2N2O5/c61-33-9-13-35(14-10-33)63(37-17-21-43-41-5-1-3-7-48(41)65-53(43)29-37)39-19-23-45-55(31-39)67-50-27-28-51-58(57(45)50)47-25-26-52-59(60(47)69-51)46-24-20-40(32-56(46)68-52)64(36-15-11-34(62)12-16-36)38-18-22-44-42-6-2-4-8-49(42)66-54(44)30-38/h1-32H. The highest BCUT2D eigenvalue weighted by Crippen LogP contribution is 2.47. The van der Waals surface area contributed by atoms with Crippen molar-refractivity contribution < 1.29 is 30.9 Å². The summed E-state index contributed by atoms with van der Waals surface area (Å²) in [4.78, 5) is 4.14. The second kappa shape index (κ2) is 14.1. The Balaban J connectivity index is 0.863. The van der Waals surface area contributed by atoms with Crippen LogP contribution in [0.5, 0.6) is 0 Å². The molecule has 0 spiro atoms. The zero-order chi connectivity index (χ0) is 45.5. The molecule has 0 bridgehead atoms. The number of benzene rings is 10. The van der Waals surface area contributed by atoms with Gasteiger partial charge in [0.05, 0.1) is 5.39 Å². The summed E-state index contributed by atoms with van der Waals surface area (Å²) in [5, 5.41) is 9.62. The van der Waals surface area contributed by atoms with E-state index in [1.807, 2.05) is 84.9 Å². The highest BCUT2D eigenvalue weighted by Gasteiger charge is 2.24. The van der Waals surface area contributed by atoms with E-state index < -0.39 is 0 Å². The van der Waals surface area contributed by atoms with Crippen molar-refractivity contribution in [3.05, 3.63) is 206 Å². The van der Waals surface area contributed by atoms with Gasteiger partial charge in [-0.1, -0.05) is 36.4 Å². The van der Waals surface area contributed by atoms with Crippen LogP contribution in [0, 0.1) is 11.6 Å². The predicted molar refractivity (Wildman–Crippen MR) is 272 cm³/mol. The van der Waals surface area contributed by atoms with E-state index in [1.165, 1.54) is 24.3 Å². The Morgan fingerprint density at radius 3 is 1.09 bits per heavy atom. The van der Waals surface area contributed by atoms with Crippen LogP contribution in [0.3, 0.4) is 0 Å². The van der Waals surface area contributed by atoms with Crippen molar-refractivity contribution in [2.45, 2.75) is 0 Å². The molecule has 0 saturated heterocycles. The minimum absolute atomic E-state index is 0.317. The fourth-order valence-electron chi connectivity index (χ4n) is 10.5. The molecule has 5 heterocycles. The lowest BCUT2D eigenvalue weighted by Crippen LogP contribution is -2.09. The van der Waals surface area contributed by atoms with Gasteiger partial charge in [0.2, 0.25) is 0 Å². The molecule has 0 amide bonds. The lowest BCUT2D eigenvalue weighted by Gasteiger charge is -2.25. The smallest absolute Gasteiger partial charge is 0.147 e. The van der Waals surface area contributed by atoms with E-state index in [0.717, 1.165) is 121 Å². The second-order valence-corrected chi connectivity index (χ2v) is 17.5. The number of furan rings is 5. The van der Waals surface area contributed by atoms with Gasteiger partial charge in [-0.3, -0.25) is 0 Å². The summed E-state index contributed by atoms with van der Waals surface area (Å²) in [5.74, 6) is -0.635. The number of anilines is 6. The fourth-order valence-corrected chi connectivity index (χ4v) is 10.5. The molecule has 9 heteroatoms. The normalized spacial score (nSPS) is 12.2. The Kier molecular flexibility index (Phi) is 7.72. The fraction of sp³-hybridized carbons (Fsp3) is 0. The van der Waals surface area contributed by atoms with Gasteiger partial charge in [0, 0.05) is 107 Å². The molecule has 0 aliphatic carbocycles. The zero-order valence-electron chi connectivity index (χ0n) is 36.2. The quantitative estimate of drug-likeness (QED) is 0.165. The van der Waals surface area contributed by atoms with Crippen LogP contribution in [0.4, 0.5) is 42.9 Å². The second-order valence-electron chi connectivity index (χ2n) is 17.5. The Morgan fingerprint density at radius 2 is 0.580 bits per heavy atom. The molecule has 0 aliphatic heterocycles. The third-order valence-corrected chi connectivity index (χ3v) is 13.6. The zero-order valence-corrected chi connectivity index (χ0v) is 36.2. The van der Waals surface area contributed by atoms with Crippen molar-refractivity contribution in [3.63, 3.8) is 0 Å². The van der Waals surface area contributed by atoms with Gasteiger partial charge in [0.1, 0.15) is 67.5 Å². The summed E-state index contributed by atoms with van der Waals surface area (Å²) in [5.41, 5.74) is 12.2. The molecule has 10 aromatic carbocycles. The molecule has 0 saturated carbocycles. The van der Waals surface area contributed by atoms with Crippen molar-refractivity contribution in [2.24, 2.45) is 0 Å². The van der Waals surface area contributed by atoms with Gasteiger partial charge in [-0.2, -0.15) is 0 Å². The maximum atomic E-state index is 14.3. The summed E-state index contributed by atoms with van der Waals surface area (Å²) in [6.45, 7) is 0. The highest BCUT2D eigenvalue weighted by atomic mass is 19.1. The molecule has 0 N–H and O–H groups in total. The Morgan fingerprint density at radius 1 is 0.246 bits per heavy atom. The lowest BCUT2D eigenvalue weighted by molar-refractivity contribution is 0.627. The first kappa shape index (κ1) is 37.8. The molecule has 15 rings (SSSR count). The number of hydrogen-bond donors (Lipinski definition) is 0. The molecule has 7 nitrogen and oxygen atoms in total. The van der Waals surface area contributed by atoms with Crippen LogP contribution in [0.2, 0.25) is 0 Å². The lowest BCUT2D eigenvalue weighted by atomic mass is 10.0. The van der Waals surface area contributed by atoms with Crippen LogP contribution in [0.25, 0.3) is 110 Å². The molecule has 0 fully saturated rings. The van der Waals surface area contributed by atoms with Crippen molar-refractivity contribution in [3.8, 4) is 0 Å². The molecule has 69 heavy (non-hydrogen) atoms. The van der Waals surface area contributed by atoms with Gasteiger partial charge in [0.15, 0.2) is 0 Å². The molecule has 0 aliphatic rings. The maximum absolute atomic E-state index is 14.3. The first-order chi connectivity index (χ1) is 34.0. The first-order valence-corrected chi connectivity index (χ1v) is 22.6. The van der Waals surface area contributed by atoms with Crippen LogP contribution < -0.4 is 9.80 Å². The average molecular weight is 899 g/mol. The molecule has 0 atom stereocenters. The van der Waals surface area contributed by atoms with Gasteiger partial charge < -0.3 is 31.9 Å². The van der Waals surface area contributed by atoms with Gasteiger partial charge in [-0.15, -0.1) is 0 Å². The number of hydrogen-bond acceptors (Lipinski definition) is 7. The van der Waals surface area contributed by atoms with Crippen molar-refractivity contribution >= 4 is 144 Å². The van der Waals surface area contributed by atoms with Gasteiger partial charge >= 0.3 is 0 Å². The highest BCUT2D eigenvalue weighted by molar-refractivity contribution is 6.30. The molecular weight excluding hydrogens is 867 g/mol. The Labute approximate surface area is 388 Å². The van der Waals surface area contributed by atoms with Crippen LogP contribution in [0.15, 0.2) is 216 Å². The number of halogens is 2. The summed E-state index contributed by atoms with van der Waals surface area (Å²) in [6, 6.07) is 61.5. The van der Waals surface area contributed by atoms with E-state index in [0.29, 0.717) is 22.3 Å². The van der Waals surface area contributed by atoms with E-state index in [1.54, 1.807) is 24.3 Å². The van der Waals surface area contributed by atoms with E-state index in [9.17, 15) is 8.78 Å². The SMILES string of the molecule is Fc1ccc(N(c2ccc3c(c2)oc2ccccc23)c2ccc3c(c2)oc2ccc4c(oc5ccc6oc7cc(N(c8ccc(F)cc8)c8ccc9c(c8)oc8ccccc89)ccc7c6c54)c23)cc1. The molecule has 0 unspecified atom stereocenters. The molecule has 15 aromatic rings. The minimum atomic E-state index is -0.318. The van der Waals surface area contributed by atoms with E-state index in [-0.39, 0.29) is 11.6 Å². The van der Waals surface area contributed by atoms with Gasteiger partial charge in [-0.25, -0.2) is 8.78 Å². The summed E-state index contributed by atoms with van der Waals surface area (Å²) >= 11 is 0. The maximum Gasteiger partial charge on any atom is 0.147 e. The third kappa shape index (κ3) is 5.64. The third-order valence-electron chi connectivity index (χ3n) is 13.6. The average Bonchev–Trinajstić information content (AvgIpc) is 4.20. The number of fused-ring (bicyclic) bond motifs is 17. The van der Waals surface area contributed by atoms with Crippen molar-refractivity contribution in [2.75, 3.05) is 9.80 Å². The Hall–Kier alpha value is -9.34. The van der Waals surface area contributed by atoms with Gasteiger partial charge in [0.25, 0.3) is 0 Å². The van der Waals surface area contributed by atoms with E-state index in [2.05, 4.69) is 70.5 Å². The van der Waals surface area contributed by atoms with Crippen LogP contribution >= 0.6 is 0 Å². The molecule has 326 valence electrons. The molecule has 5 aromatic heterocycles. The number of nitrogens with zero attached hydrogens (tertiary/aromatic N) is 2. The number of rotatable bonds is 6. The van der Waals surface area contributed by atoms with Crippen LogP contribution in [-0.4, -0.2) is 0 Å². The summed E-state index contributed by atoms with van der Waals surface area (Å²) in [6.07, 6.45) is 0. The van der Waals surface area contributed by atoms with Gasteiger partial charge in [-0.05, 0) is 133 Å².